The molecule has 0 aliphatic carbocycles. The van der Waals surface area contributed by atoms with Crippen LogP contribution in [0.5, 0.6) is 0 Å². The topological polar surface area (TPSA) is 78.8 Å². The largest absolute Gasteiger partial charge is 0.478 e. The second-order valence-corrected chi connectivity index (χ2v) is 5.03. The summed E-state index contributed by atoms with van der Waals surface area (Å²) in [6.07, 6.45) is 5.95. The molecule has 1 aliphatic heterocycles. The number of aromatic nitrogens is 2. The number of nitrogens with zero attached hydrogens (tertiary/aromatic N) is 4. The van der Waals surface area contributed by atoms with Crippen molar-refractivity contribution in [2.45, 2.75) is 0 Å². The Bertz CT molecular complexity index is 776. The normalized spacial score (nSPS) is 13.1. The van der Waals surface area contributed by atoms with Gasteiger partial charge in [0, 0.05) is 32.6 Å². The molecule has 1 N–H and O–H groups in total. The van der Waals surface area contributed by atoms with Crippen LogP contribution in [0.2, 0.25) is 0 Å². The Balaban J connectivity index is 2.11. The number of carboxylic acids is 1. The minimum atomic E-state index is -0.982. The lowest BCUT2D eigenvalue weighted by Gasteiger charge is -2.36. The van der Waals surface area contributed by atoms with E-state index in [2.05, 4.69) is 9.97 Å². The number of anilines is 4. The zero-order valence-electron chi connectivity index (χ0n) is 12.8. The summed E-state index contributed by atoms with van der Waals surface area (Å²) in [4.78, 5) is 23.4. The number of aliphatic carboxylic acids is 1. The van der Waals surface area contributed by atoms with Crippen LogP contribution in [-0.2, 0) is 9.53 Å². The number of rotatable bonds is 4. The Hall–Kier alpha value is -2.93. The molecule has 0 amide bonds. The van der Waals surface area contributed by atoms with E-state index in [-0.39, 0.29) is 0 Å². The Morgan fingerprint density at radius 1 is 1.26 bits per heavy atom. The maximum absolute atomic E-state index is 10.7. The molecule has 0 saturated heterocycles. The minimum absolute atomic E-state index is 0.318. The van der Waals surface area contributed by atoms with Crippen LogP contribution in [0.3, 0.4) is 0 Å². The van der Waals surface area contributed by atoms with Crippen molar-refractivity contribution in [2.75, 3.05) is 30.7 Å². The van der Waals surface area contributed by atoms with E-state index in [4.69, 9.17) is 9.84 Å². The second-order valence-electron chi connectivity index (χ2n) is 5.03. The third kappa shape index (κ3) is 2.74. The fraction of sp³-hybridized carbons (Fsp3) is 0.188. The van der Waals surface area contributed by atoms with Crippen molar-refractivity contribution < 1.29 is 14.6 Å². The van der Waals surface area contributed by atoms with Crippen LogP contribution in [0, 0.1) is 0 Å². The van der Waals surface area contributed by atoms with Crippen molar-refractivity contribution in [3.63, 3.8) is 0 Å². The predicted molar refractivity (Wildman–Crippen MR) is 87.2 cm³/mol. The molecule has 0 bridgehead atoms. The van der Waals surface area contributed by atoms with Crippen LogP contribution in [-0.4, -0.2) is 41.9 Å². The average Bonchev–Trinajstić information content (AvgIpc) is 2.56. The maximum Gasteiger partial charge on any atom is 0.328 e. The first kappa shape index (κ1) is 15.0. The SMILES string of the molecule is COCN1c2cc(C=CC(=O)O)ccc2N(C)c2nccnc21. The van der Waals surface area contributed by atoms with Gasteiger partial charge in [0.25, 0.3) is 0 Å². The molecule has 0 fully saturated rings. The number of hydrogen-bond donors (Lipinski definition) is 1. The summed E-state index contributed by atoms with van der Waals surface area (Å²) in [6.45, 7) is 0.318. The fourth-order valence-electron chi connectivity index (χ4n) is 2.55. The molecule has 7 heteroatoms. The zero-order valence-corrected chi connectivity index (χ0v) is 12.8. The molecule has 3 rings (SSSR count). The first-order chi connectivity index (χ1) is 11.1. The van der Waals surface area contributed by atoms with Gasteiger partial charge in [-0.2, -0.15) is 0 Å². The summed E-state index contributed by atoms with van der Waals surface area (Å²) >= 11 is 0. The van der Waals surface area contributed by atoms with Gasteiger partial charge in [-0.05, 0) is 23.8 Å². The maximum atomic E-state index is 10.7. The number of ether oxygens (including phenoxy) is 1. The Morgan fingerprint density at radius 3 is 2.70 bits per heavy atom. The molecule has 0 unspecified atom stereocenters. The van der Waals surface area contributed by atoms with E-state index >= 15 is 0 Å². The molecular formula is C16H16N4O3. The second kappa shape index (κ2) is 6.05. The average molecular weight is 312 g/mol. The minimum Gasteiger partial charge on any atom is -0.478 e. The van der Waals surface area contributed by atoms with Crippen LogP contribution in [0.15, 0.2) is 36.7 Å². The first-order valence-electron chi connectivity index (χ1n) is 6.98. The lowest BCUT2D eigenvalue weighted by Crippen LogP contribution is -2.30. The highest BCUT2D eigenvalue weighted by atomic mass is 16.5. The molecule has 2 aromatic rings. The summed E-state index contributed by atoms with van der Waals surface area (Å²) in [6, 6.07) is 5.69. The van der Waals surface area contributed by atoms with Crippen molar-refractivity contribution in [2.24, 2.45) is 0 Å². The summed E-state index contributed by atoms with van der Waals surface area (Å²) in [5.41, 5.74) is 2.62. The summed E-state index contributed by atoms with van der Waals surface area (Å²) in [7, 11) is 3.53. The van der Waals surface area contributed by atoms with Gasteiger partial charge in [-0.15, -0.1) is 0 Å². The molecule has 23 heavy (non-hydrogen) atoms. The summed E-state index contributed by atoms with van der Waals surface area (Å²) in [5.74, 6) is 0.458. The van der Waals surface area contributed by atoms with Gasteiger partial charge in [0.05, 0.1) is 11.4 Å². The van der Waals surface area contributed by atoms with E-state index < -0.39 is 5.97 Å². The molecule has 0 saturated carbocycles. The third-order valence-corrected chi connectivity index (χ3v) is 3.56. The van der Waals surface area contributed by atoms with Crippen LogP contribution >= 0.6 is 0 Å². The van der Waals surface area contributed by atoms with Crippen LogP contribution < -0.4 is 9.80 Å². The highest BCUT2D eigenvalue weighted by Crippen LogP contribution is 2.44. The van der Waals surface area contributed by atoms with Crippen molar-refractivity contribution in [3.8, 4) is 0 Å². The lowest BCUT2D eigenvalue weighted by atomic mass is 10.1. The summed E-state index contributed by atoms with van der Waals surface area (Å²) in [5, 5.41) is 8.78. The van der Waals surface area contributed by atoms with Crippen molar-refractivity contribution in [1.29, 1.82) is 0 Å². The van der Waals surface area contributed by atoms with Gasteiger partial charge in [-0.25, -0.2) is 14.8 Å². The lowest BCUT2D eigenvalue weighted by molar-refractivity contribution is -0.131. The van der Waals surface area contributed by atoms with Crippen molar-refractivity contribution in [1.82, 2.24) is 9.97 Å². The van der Waals surface area contributed by atoms with Gasteiger partial charge >= 0.3 is 5.97 Å². The number of hydrogen-bond acceptors (Lipinski definition) is 6. The monoisotopic (exact) mass is 312 g/mol. The molecule has 2 heterocycles. The van der Waals surface area contributed by atoms with E-state index in [9.17, 15) is 4.79 Å². The molecule has 118 valence electrons. The van der Waals surface area contributed by atoms with E-state index in [0.29, 0.717) is 12.5 Å². The molecule has 0 spiro atoms. The van der Waals surface area contributed by atoms with E-state index in [1.807, 2.05) is 35.0 Å². The molecule has 1 aromatic heterocycles. The van der Waals surface area contributed by atoms with Gasteiger partial charge in [-0.1, -0.05) is 6.07 Å². The number of carboxylic acid groups (broad SMARTS) is 1. The molecule has 0 radical (unpaired) electrons. The standard InChI is InChI=1S/C16H16N4O3/c1-19-12-5-3-11(4-6-14(21)22)9-13(12)20(10-23-2)16-15(19)17-7-8-18-16/h3-9H,10H2,1-2H3,(H,21,22). The number of methoxy groups -OCH3 is 1. The number of carbonyl (C=O) groups is 1. The van der Waals surface area contributed by atoms with Gasteiger partial charge in [-0.3, -0.25) is 4.90 Å². The van der Waals surface area contributed by atoms with Gasteiger partial charge in [0.15, 0.2) is 11.6 Å². The number of fused-ring (bicyclic) bond motifs is 2. The zero-order chi connectivity index (χ0) is 16.4. The highest BCUT2D eigenvalue weighted by Gasteiger charge is 2.28. The van der Waals surface area contributed by atoms with Gasteiger partial charge in [0.1, 0.15) is 6.73 Å². The Morgan fingerprint density at radius 2 is 2.00 bits per heavy atom. The van der Waals surface area contributed by atoms with E-state index in [1.165, 1.54) is 0 Å². The highest BCUT2D eigenvalue weighted by molar-refractivity contribution is 5.91. The van der Waals surface area contributed by atoms with Gasteiger partial charge < -0.3 is 14.7 Å². The number of benzene rings is 1. The van der Waals surface area contributed by atoms with Crippen molar-refractivity contribution in [3.05, 3.63) is 42.2 Å². The van der Waals surface area contributed by atoms with Gasteiger partial charge in [0.2, 0.25) is 0 Å². The van der Waals surface area contributed by atoms with Crippen LogP contribution in [0.25, 0.3) is 6.08 Å². The first-order valence-corrected chi connectivity index (χ1v) is 6.98. The van der Waals surface area contributed by atoms with E-state index in [0.717, 1.165) is 28.8 Å². The van der Waals surface area contributed by atoms with Crippen LogP contribution in [0.1, 0.15) is 5.56 Å². The molecule has 1 aliphatic rings. The third-order valence-electron chi connectivity index (χ3n) is 3.56. The van der Waals surface area contributed by atoms with Crippen LogP contribution in [0.4, 0.5) is 23.0 Å². The quantitative estimate of drug-likeness (QED) is 0.868. The Labute approximate surface area is 133 Å². The fourth-order valence-corrected chi connectivity index (χ4v) is 2.55. The summed E-state index contributed by atoms with van der Waals surface area (Å²) < 4.78 is 5.30. The smallest absolute Gasteiger partial charge is 0.328 e. The molecule has 0 atom stereocenters. The molecular weight excluding hydrogens is 296 g/mol. The van der Waals surface area contributed by atoms with Crippen molar-refractivity contribution >= 4 is 35.1 Å². The molecule has 7 nitrogen and oxygen atoms in total. The predicted octanol–water partition coefficient (Wildman–Crippen LogP) is 2.40. The van der Waals surface area contributed by atoms with E-state index in [1.54, 1.807) is 25.6 Å². The Kier molecular flexibility index (Phi) is 3.94. The molecule has 1 aromatic carbocycles.